The van der Waals surface area contributed by atoms with E-state index >= 15 is 0 Å². The van der Waals surface area contributed by atoms with Crippen LogP contribution in [0, 0.1) is 18.6 Å². The first-order valence-electron chi connectivity index (χ1n) is 5.70. The van der Waals surface area contributed by atoms with E-state index in [0.717, 1.165) is 17.7 Å². The third kappa shape index (κ3) is 3.18. The van der Waals surface area contributed by atoms with E-state index in [0.29, 0.717) is 16.1 Å². The molecule has 0 aliphatic carbocycles. The SMILES string of the molecule is Cc1ccc(C(=O)Cc2ccc(F)c(F)c2)cc1Cl. The van der Waals surface area contributed by atoms with Gasteiger partial charge in [-0.15, -0.1) is 0 Å². The van der Waals surface area contributed by atoms with Crippen LogP contribution in [-0.4, -0.2) is 5.78 Å². The second kappa shape index (κ2) is 5.49. The average Bonchev–Trinajstić information content (AvgIpc) is 2.37. The number of hydrogen-bond acceptors (Lipinski definition) is 1. The molecule has 0 radical (unpaired) electrons. The molecule has 1 nitrogen and oxygen atoms in total. The highest BCUT2D eigenvalue weighted by molar-refractivity contribution is 6.31. The van der Waals surface area contributed by atoms with Gasteiger partial charge in [0.1, 0.15) is 0 Å². The summed E-state index contributed by atoms with van der Waals surface area (Å²) in [6, 6.07) is 8.44. The Hall–Kier alpha value is -1.74. The molecular weight excluding hydrogens is 270 g/mol. The van der Waals surface area contributed by atoms with Gasteiger partial charge in [0.15, 0.2) is 17.4 Å². The summed E-state index contributed by atoms with van der Waals surface area (Å²) < 4.78 is 25.8. The summed E-state index contributed by atoms with van der Waals surface area (Å²) in [4.78, 5) is 12.0. The lowest BCUT2D eigenvalue weighted by atomic mass is 10.0. The molecule has 0 spiro atoms. The highest BCUT2D eigenvalue weighted by Crippen LogP contribution is 2.18. The molecule has 2 aromatic rings. The number of carbonyl (C=O) groups is 1. The lowest BCUT2D eigenvalue weighted by Gasteiger charge is -2.04. The van der Waals surface area contributed by atoms with Crippen LogP contribution in [0.3, 0.4) is 0 Å². The third-order valence-corrected chi connectivity index (χ3v) is 3.25. The van der Waals surface area contributed by atoms with Crippen LogP contribution < -0.4 is 0 Å². The fourth-order valence-electron chi connectivity index (χ4n) is 1.70. The number of halogens is 3. The smallest absolute Gasteiger partial charge is 0.167 e. The molecule has 0 aliphatic heterocycles. The van der Waals surface area contributed by atoms with Crippen molar-refractivity contribution in [3.63, 3.8) is 0 Å². The number of benzene rings is 2. The van der Waals surface area contributed by atoms with Crippen molar-refractivity contribution < 1.29 is 13.6 Å². The Labute approximate surface area is 114 Å². The zero-order valence-corrected chi connectivity index (χ0v) is 11.0. The topological polar surface area (TPSA) is 17.1 Å². The Balaban J connectivity index is 2.20. The molecule has 0 unspecified atom stereocenters. The summed E-state index contributed by atoms with van der Waals surface area (Å²) >= 11 is 5.95. The highest BCUT2D eigenvalue weighted by Gasteiger charge is 2.10. The maximum Gasteiger partial charge on any atom is 0.167 e. The molecule has 0 bridgehead atoms. The number of hydrogen-bond donors (Lipinski definition) is 0. The molecule has 0 saturated carbocycles. The van der Waals surface area contributed by atoms with E-state index in [-0.39, 0.29) is 12.2 Å². The number of Topliss-reactive ketones (excluding diaryl/α,β-unsaturated/α-hetero) is 1. The normalized spacial score (nSPS) is 10.5. The molecular formula is C15H11ClF2O. The first-order chi connectivity index (χ1) is 8.97. The van der Waals surface area contributed by atoms with Gasteiger partial charge in [0.25, 0.3) is 0 Å². The summed E-state index contributed by atoms with van der Waals surface area (Å²) in [7, 11) is 0. The van der Waals surface area contributed by atoms with Gasteiger partial charge in [-0.05, 0) is 36.2 Å². The lowest BCUT2D eigenvalue weighted by Crippen LogP contribution is -2.04. The number of rotatable bonds is 3. The summed E-state index contributed by atoms with van der Waals surface area (Å²) in [5, 5.41) is 0.510. The quantitative estimate of drug-likeness (QED) is 0.764. The monoisotopic (exact) mass is 280 g/mol. The Kier molecular flexibility index (Phi) is 3.96. The average molecular weight is 281 g/mol. The van der Waals surface area contributed by atoms with Crippen LogP contribution in [0.5, 0.6) is 0 Å². The second-order valence-electron chi connectivity index (χ2n) is 4.31. The van der Waals surface area contributed by atoms with Gasteiger partial charge < -0.3 is 0 Å². The van der Waals surface area contributed by atoms with E-state index in [4.69, 9.17) is 11.6 Å². The van der Waals surface area contributed by atoms with Crippen molar-refractivity contribution in [3.8, 4) is 0 Å². The van der Waals surface area contributed by atoms with E-state index in [1.165, 1.54) is 6.07 Å². The molecule has 19 heavy (non-hydrogen) atoms. The first kappa shape index (κ1) is 13.7. The minimum absolute atomic E-state index is 0.0105. The molecule has 2 rings (SSSR count). The van der Waals surface area contributed by atoms with Crippen LogP contribution in [-0.2, 0) is 6.42 Å². The number of ketones is 1. The van der Waals surface area contributed by atoms with E-state index in [2.05, 4.69) is 0 Å². The van der Waals surface area contributed by atoms with Gasteiger partial charge >= 0.3 is 0 Å². The summed E-state index contributed by atoms with van der Waals surface area (Å²) in [6.45, 7) is 1.84. The summed E-state index contributed by atoms with van der Waals surface area (Å²) in [5.41, 5.74) is 1.77. The van der Waals surface area contributed by atoms with Crippen LogP contribution in [0.2, 0.25) is 5.02 Å². The third-order valence-electron chi connectivity index (χ3n) is 2.84. The largest absolute Gasteiger partial charge is 0.294 e. The van der Waals surface area contributed by atoms with Crippen LogP contribution in [0.25, 0.3) is 0 Å². The fraction of sp³-hybridized carbons (Fsp3) is 0.133. The van der Waals surface area contributed by atoms with Crippen molar-refractivity contribution in [1.82, 2.24) is 0 Å². The van der Waals surface area contributed by atoms with Gasteiger partial charge in [0.2, 0.25) is 0 Å². The molecule has 0 atom stereocenters. The minimum atomic E-state index is -0.952. The highest BCUT2D eigenvalue weighted by atomic mass is 35.5. The van der Waals surface area contributed by atoms with Gasteiger partial charge in [-0.25, -0.2) is 8.78 Å². The molecule has 4 heteroatoms. The van der Waals surface area contributed by atoms with Gasteiger partial charge in [-0.2, -0.15) is 0 Å². The lowest BCUT2D eigenvalue weighted by molar-refractivity contribution is 0.0993. The number of aryl methyl sites for hydroxylation is 1. The van der Waals surface area contributed by atoms with Gasteiger partial charge in [-0.1, -0.05) is 29.8 Å². The van der Waals surface area contributed by atoms with Crippen molar-refractivity contribution in [2.45, 2.75) is 13.3 Å². The second-order valence-corrected chi connectivity index (χ2v) is 4.72. The van der Waals surface area contributed by atoms with Crippen molar-refractivity contribution >= 4 is 17.4 Å². The van der Waals surface area contributed by atoms with Crippen molar-refractivity contribution in [2.75, 3.05) is 0 Å². The zero-order valence-electron chi connectivity index (χ0n) is 10.2. The number of carbonyl (C=O) groups excluding carboxylic acids is 1. The standard InChI is InChI=1S/C15H11ClF2O/c1-9-2-4-11(8-12(9)16)15(19)7-10-3-5-13(17)14(18)6-10/h2-6,8H,7H2,1H3. The Bertz CT molecular complexity index is 638. The molecule has 98 valence electrons. The predicted octanol–water partition coefficient (Wildman–Crippen LogP) is 4.35. The molecule has 0 fully saturated rings. The van der Waals surface area contributed by atoms with Crippen LogP contribution in [0.1, 0.15) is 21.5 Å². The van der Waals surface area contributed by atoms with E-state index in [1.807, 2.05) is 6.92 Å². The Morgan fingerprint density at radius 2 is 1.84 bits per heavy atom. The van der Waals surface area contributed by atoms with Crippen molar-refractivity contribution in [3.05, 3.63) is 69.7 Å². The minimum Gasteiger partial charge on any atom is -0.294 e. The van der Waals surface area contributed by atoms with Gasteiger partial charge in [-0.3, -0.25) is 4.79 Å². The van der Waals surface area contributed by atoms with Crippen LogP contribution in [0.15, 0.2) is 36.4 Å². The van der Waals surface area contributed by atoms with Gasteiger partial charge in [0.05, 0.1) is 0 Å². The molecule has 0 heterocycles. The predicted molar refractivity (Wildman–Crippen MR) is 70.6 cm³/mol. The van der Waals surface area contributed by atoms with Crippen molar-refractivity contribution in [2.24, 2.45) is 0 Å². The molecule has 0 aromatic heterocycles. The molecule has 0 N–H and O–H groups in total. The summed E-state index contributed by atoms with van der Waals surface area (Å²) in [5.74, 6) is -2.06. The zero-order chi connectivity index (χ0) is 14.0. The van der Waals surface area contributed by atoms with E-state index in [1.54, 1.807) is 18.2 Å². The molecule has 2 aromatic carbocycles. The van der Waals surface area contributed by atoms with Crippen molar-refractivity contribution in [1.29, 1.82) is 0 Å². The fourth-order valence-corrected chi connectivity index (χ4v) is 1.88. The van der Waals surface area contributed by atoms with E-state index < -0.39 is 11.6 Å². The molecule has 0 aliphatic rings. The molecule has 0 saturated heterocycles. The Morgan fingerprint density at radius 1 is 1.11 bits per heavy atom. The Morgan fingerprint density at radius 3 is 2.47 bits per heavy atom. The van der Waals surface area contributed by atoms with Gasteiger partial charge in [0, 0.05) is 17.0 Å². The first-order valence-corrected chi connectivity index (χ1v) is 6.08. The summed E-state index contributed by atoms with van der Waals surface area (Å²) in [6.07, 6.45) is 0.0105. The maximum absolute atomic E-state index is 13.0. The van der Waals surface area contributed by atoms with Crippen LogP contribution in [0.4, 0.5) is 8.78 Å². The van der Waals surface area contributed by atoms with E-state index in [9.17, 15) is 13.6 Å². The molecule has 0 amide bonds. The maximum atomic E-state index is 13.0. The van der Waals surface area contributed by atoms with Crippen LogP contribution >= 0.6 is 11.6 Å².